The normalized spacial score (nSPS) is 20.8. The van der Waals surface area contributed by atoms with Crippen molar-refractivity contribution in [3.8, 4) is 0 Å². The molecule has 1 unspecified atom stereocenters. The SMILES string of the molecule is OC(CNCCN1CCOCC1)C(F)F. The van der Waals surface area contributed by atoms with Crippen LogP contribution in [0.2, 0.25) is 0 Å². The summed E-state index contributed by atoms with van der Waals surface area (Å²) in [5, 5.41) is 11.6. The summed E-state index contributed by atoms with van der Waals surface area (Å²) in [5.41, 5.74) is 0. The van der Waals surface area contributed by atoms with Crippen LogP contribution >= 0.6 is 0 Å². The fraction of sp³-hybridized carbons (Fsp3) is 1.00. The third kappa shape index (κ3) is 5.36. The number of aliphatic hydroxyl groups is 1. The molecule has 1 heterocycles. The number of hydrogen-bond donors (Lipinski definition) is 2. The van der Waals surface area contributed by atoms with E-state index in [1.807, 2.05) is 0 Å². The summed E-state index contributed by atoms with van der Waals surface area (Å²) in [6, 6.07) is 0. The molecule has 0 saturated carbocycles. The van der Waals surface area contributed by atoms with Crippen molar-refractivity contribution in [3.05, 3.63) is 0 Å². The highest BCUT2D eigenvalue weighted by Crippen LogP contribution is 1.98. The zero-order valence-electron chi connectivity index (χ0n) is 8.66. The van der Waals surface area contributed by atoms with Crippen molar-refractivity contribution in [2.24, 2.45) is 0 Å². The number of aliphatic hydroxyl groups excluding tert-OH is 1. The lowest BCUT2D eigenvalue weighted by Gasteiger charge is -2.26. The minimum atomic E-state index is -2.67. The number of rotatable bonds is 6. The van der Waals surface area contributed by atoms with Gasteiger partial charge in [0.2, 0.25) is 0 Å². The molecule has 0 aromatic rings. The lowest BCUT2D eigenvalue weighted by Crippen LogP contribution is -2.42. The maximum Gasteiger partial charge on any atom is 0.265 e. The number of ether oxygens (including phenoxy) is 1. The van der Waals surface area contributed by atoms with E-state index >= 15 is 0 Å². The molecule has 1 aliphatic heterocycles. The van der Waals surface area contributed by atoms with Crippen molar-refractivity contribution in [2.45, 2.75) is 12.5 Å². The Balaban J connectivity index is 1.96. The van der Waals surface area contributed by atoms with E-state index in [0.29, 0.717) is 6.54 Å². The van der Waals surface area contributed by atoms with Gasteiger partial charge >= 0.3 is 0 Å². The van der Waals surface area contributed by atoms with E-state index in [2.05, 4.69) is 10.2 Å². The summed E-state index contributed by atoms with van der Waals surface area (Å²) < 4.78 is 29.0. The molecular weight excluding hydrogens is 206 g/mol. The van der Waals surface area contributed by atoms with E-state index < -0.39 is 12.5 Å². The second-order valence-electron chi connectivity index (χ2n) is 3.56. The van der Waals surface area contributed by atoms with Gasteiger partial charge < -0.3 is 15.2 Å². The van der Waals surface area contributed by atoms with Gasteiger partial charge in [-0.3, -0.25) is 4.90 Å². The third-order valence-electron chi connectivity index (χ3n) is 2.35. The molecular formula is C9H18F2N2O2. The van der Waals surface area contributed by atoms with Gasteiger partial charge in [0.15, 0.2) is 0 Å². The average Bonchev–Trinajstić information content (AvgIpc) is 2.25. The maximum absolute atomic E-state index is 11.9. The van der Waals surface area contributed by atoms with E-state index in [9.17, 15) is 8.78 Å². The third-order valence-corrected chi connectivity index (χ3v) is 2.35. The Morgan fingerprint density at radius 2 is 2.00 bits per heavy atom. The number of morpholine rings is 1. The fourth-order valence-corrected chi connectivity index (χ4v) is 1.40. The Kier molecular flexibility index (Phi) is 6.00. The predicted molar refractivity (Wildman–Crippen MR) is 52.1 cm³/mol. The van der Waals surface area contributed by atoms with E-state index in [-0.39, 0.29) is 6.54 Å². The zero-order valence-corrected chi connectivity index (χ0v) is 8.66. The largest absolute Gasteiger partial charge is 0.386 e. The molecule has 1 saturated heterocycles. The number of nitrogens with zero attached hydrogens (tertiary/aromatic N) is 1. The van der Waals surface area contributed by atoms with Crippen LogP contribution in [0.4, 0.5) is 8.78 Å². The molecule has 0 spiro atoms. The molecule has 1 atom stereocenters. The summed E-state index contributed by atoms with van der Waals surface area (Å²) >= 11 is 0. The summed E-state index contributed by atoms with van der Waals surface area (Å²) in [6.07, 6.45) is -4.23. The van der Waals surface area contributed by atoms with Crippen LogP contribution in [0.3, 0.4) is 0 Å². The van der Waals surface area contributed by atoms with Crippen molar-refractivity contribution in [3.63, 3.8) is 0 Å². The van der Waals surface area contributed by atoms with Crippen LogP contribution in [0.5, 0.6) is 0 Å². The van der Waals surface area contributed by atoms with Crippen LogP contribution in [-0.2, 0) is 4.74 Å². The average molecular weight is 224 g/mol. The van der Waals surface area contributed by atoms with E-state index in [1.165, 1.54) is 0 Å². The number of nitrogens with one attached hydrogen (secondary N) is 1. The molecule has 2 N–H and O–H groups in total. The quantitative estimate of drug-likeness (QED) is 0.599. The molecule has 1 fully saturated rings. The fourth-order valence-electron chi connectivity index (χ4n) is 1.40. The predicted octanol–water partition coefficient (Wildman–Crippen LogP) is -0.466. The number of halogens is 2. The van der Waals surface area contributed by atoms with Crippen LogP contribution in [0, 0.1) is 0 Å². The lowest BCUT2D eigenvalue weighted by molar-refractivity contribution is -0.00410. The highest BCUT2D eigenvalue weighted by atomic mass is 19.3. The van der Waals surface area contributed by atoms with Gasteiger partial charge in [-0.25, -0.2) is 8.78 Å². The zero-order chi connectivity index (χ0) is 11.1. The van der Waals surface area contributed by atoms with Crippen LogP contribution in [0.15, 0.2) is 0 Å². The molecule has 0 aliphatic carbocycles. The van der Waals surface area contributed by atoms with Crippen molar-refractivity contribution in [2.75, 3.05) is 45.9 Å². The molecule has 6 heteroatoms. The Morgan fingerprint density at radius 1 is 1.33 bits per heavy atom. The van der Waals surface area contributed by atoms with E-state index in [0.717, 1.165) is 32.8 Å². The Hall–Kier alpha value is -0.300. The van der Waals surface area contributed by atoms with E-state index in [4.69, 9.17) is 9.84 Å². The van der Waals surface area contributed by atoms with Crippen molar-refractivity contribution >= 4 is 0 Å². The van der Waals surface area contributed by atoms with E-state index in [1.54, 1.807) is 0 Å². The van der Waals surface area contributed by atoms with Gasteiger partial charge in [0, 0.05) is 32.7 Å². The first-order valence-electron chi connectivity index (χ1n) is 5.17. The Bertz CT molecular complexity index is 166. The molecule has 0 bridgehead atoms. The standard InChI is InChI=1S/C9H18F2N2O2/c10-9(11)8(14)7-12-1-2-13-3-5-15-6-4-13/h8-9,12,14H,1-7H2. The van der Waals surface area contributed by atoms with Gasteiger partial charge in [0.1, 0.15) is 6.10 Å². The van der Waals surface area contributed by atoms with Crippen LogP contribution in [0.1, 0.15) is 0 Å². The van der Waals surface area contributed by atoms with Crippen LogP contribution in [0.25, 0.3) is 0 Å². The summed E-state index contributed by atoms with van der Waals surface area (Å²) in [6.45, 7) is 4.61. The molecule has 0 radical (unpaired) electrons. The van der Waals surface area contributed by atoms with Gasteiger partial charge in [0.25, 0.3) is 6.43 Å². The Morgan fingerprint density at radius 3 is 2.60 bits per heavy atom. The first-order chi connectivity index (χ1) is 7.20. The van der Waals surface area contributed by atoms with Crippen molar-refractivity contribution in [1.82, 2.24) is 10.2 Å². The van der Waals surface area contributed by atoms with Gasteiger partial charge in [-0.2, -0.15) is 0 Å². The summed E-state index contributed by atoms with van der Waals surface area (Å²) in [7, 11) is 0. The Labute approximate surface area is 88.2 Å². The summed E-state index contributed by atoms with van der Waals surface area (Å²) in [5.74, 6) is 0. The van der Waals surface area contributed by atoms with Crippen LogP contribution in [-0.4, -0.2) is 68.5 Å². The maximum atomic E-state index is 11.9. The van der Waals surface area contributed by atoms with Gasteiger partial charge in [-0.05, 0) is 0 Å². The lowest BCUT2D eigenvalue weighted by atomic mass is 10.3. The highest BCUT2D eigenvalue weighted by molar-refractivity contribution is 4.65. The molecule has 0 aromatic heterocycles. The minimum Gasteiger partial charge on any atom is -0.386 e. The second kappa shape index (κ2) is 7.05. The van der Waals surface area contributed by atoms with Crippen molar-refractivity contribution < 1.29 is 18.6 Å². The topological polar surface area (TPSA) is 44.7 Å². The molecule has 90 valence electrons. The molecule has 1 rings (SSSR count). The number of alkyl halides is 2. The molecule has 0 amide bonds. The van der Waals surface area contributed by atoms with Gasteiger partial charge in [-0.15, -0.1) is 0 Å². The first-order valence-corrected chi connectivity index (χ1v) is 5.17. The molecule has 4 nitrogen and oxygen atoms in total. The molecule has 15 heavy (non-hydrogen) atoms. The second-order valence-corrected chi connectivity index (χ2v) is 3.56. The van der Waals surface area contributed by atoms with Gasteiger partial charge in [-0.1, -0.05) is 0 Å². The highest BCUT2D eigenvalue weighted by Gasteiger charge is 2.16. The van der Waals surface area contributed by atoms with Crippen molar-refractivity contribution in [1.29, 1.82) is 0 Å². The minimum absolute atomic E-state index is 0.0536. The molecule has 0 aromatic carbocycles. The van der Waals surface area contributed by atoms with Gasteiger partial charge in [0.05, 0.1) is 13.2 Å². The van der Waals surface area contributed by atoms with Crippen LogP contribution < -0.4 is 5.32 Å². The summed E-state index contributed by atoms with van der Waals surface area (Å²) in [4.78, 5) is 2.20. The number of hydrogen-bond acceptors (Lipinski definition) is 4. The monoisotopic (exact) mass is 224 g/mol. The molecule has 1 aliphatic rings. The smallest absolute Gasteiger partial charge is 0.265 e. The first kappa shape index (κ1) is 12.8.